The molecule has 3 N–H and O–H groups in total. The van der Waals surface area contributed by atoms with Crippen LogP contribution in [0.1, 0.15) is 11.1 Å². The lowest BCUT2D eigenvalue weighted by atomic mass is 10.1. The maximum absolute atomic E-state index is 12.1. The molecule has 0 heterocycles. The highest BCUT2D eigenvalue weighted by Gasteiger charge is 2.10. The quantitative estimate of drug-likeness (QED) is 0.724. The number of nitrogens with one attached hydrogen (secondary N) is 1. The monoisotopic (exact) mass is 426 g/mol. The van der Waals surface area contributed by atoms with Crippen molar-refractivity contribution in [3.8, 4) is 0 Å². The Morgan fingerprint density at radius 1 is 1.10 bits per heavy atom. The van der Waals surface area contributed by atoms with Crippen LogP contribution in [-0.4, -0.2) is 10.9 Å². The lowest BCUT2D eigenvalue weighted by Gasteiger charge is -2.11. The van der Waals surface area contributed by atoms with E-state index in [9.17, 15) is 4.79 Å². The maximum atomic E-state index is 12.1. The molecule has 0 saturated carbocycles. The summed E-state index contributed by atoms with van der Waals surface area (Å²) < 4.78 is 1.84. The van der Waals surface area contributed by atoms with Crippen LogP contribution in [0.25, 0.3) is 0 Å². The van der Waals surface area contributed by atoms with E-state index in [1.807, 2.05) is 30.3 Å². The molecule has 0 radical (unpaired) electrons. The Labute approximate surface area is 145 Å². The van der Waals surface area contributed by atoms with Crippen molar-refractivity contribution < 1.29 is 4.79 Å². The van der Waals surface area contributed by atoms with Crippen molar-refractivity contribution in [2.75, 3.05) is 5.32 Å². The van der Waals surface area contributed by atoms with Gasteiger partial charge in [-0.15, -0.1) is 0 Å². The molecule has 108 valence electrons. The van der Waals surface area contributed by atoms with Gasteiger partial charge in [0.15, 0.2) is 0 Å². The van der Waals surface area contributed by atoms with Crippen LogP contribution in [0.3, 0.4) is 0 Å². The van der Waals surface area contributed by atoms with Gasteiger partial charge in [-0.05, 0) is 35.9 Å². The van der Waals surface area contributed by atoms with Crippen molar-refractivity contribution in [3.63, 3.8) is 0 Å². The van der Waals surface area contributed by atoms with Crippen LogP contribution < -0.4 is 11.1 Å². The molecule has 3 nitrogen and oxygen atoms in total. The average molecular weight is 428 g/mol. The first-order chi connectivity index (χ1) is 9.95. The lowest BCUT2D eigenvalue weighted by molar-refractivity contribution is -0.115. The second-order valence-corrected chi connectivity index (χ2v) is 6.68. The SMILES string of the molecule is NC(=S)c1cc(Br)ccc1NC(=O)Cc1ccc(Br)cc1. The molecule has 0 atom stereocenters. The number of carbonyl (C=O) groups is 1. The molecular formula is C15H12Br2N2OS. The van der Waals surface area contributed by atoms with Crippen molar-refractivity contribution in [3.05, 3.63) is 62.5 Å². The van der Waals surface area contributed by atoms with Crippen molar-refractivity contribution in [2.24, 2.45) is 5.73 Å². The highest BCUT2D eigenvalue weighted by Crippen LogP contribution is 2.21. The Morgan fingerprint density at radius 3 is 2.33 bits per heavy atom. The number of amides is 1. The molecule has 0 spiro atoms. The fourth-order valence-electron chi connectivity index (χ4n) is 1.81. The van der Waals surface area contributed by atoms with Crippen molar-refractivity contribution in [1.29, 1.82) is 0 Å². The zero-order chi connectivity index (χ0) is 15.4. The molecule has 0 saturated heterocycles. The Morgan fingerprint density at radius 2 is 1.71 bits per heavy atom. The van der Waals surface area contributed by atoms with Gasteiger partial charge in [-0.2, -0.15) is 0 Å². The summed E-state index contributed by atoms with van der Waals surface area (Å²) in [6.45, 7) is 0. The number of thiocarbonyl (C=S) groups is 1. The number of hydrogen-bond donors (Lipinski definition) is 2. The van der Waals surface area contributed by atoms with Crippen molar-refractivity contribution in [1.82, 2.24) is 0 Å². The molecule has 0 aliphatic carbocycles. The molecule has 0 aliphatic heterocycles. The summed E-state index contributed by atoms with van der Waals surface area (Å²) in [5.74, 6) is -0.114. The molecule has 0 aromatic heterocycles. The van der Waals surface area contributed by atoms with Crippen LogP contribution in [0.2, 0.25) is 0 Å². The Balaban J connectivity index is 2.12. The van der Waals surface area contributed by atoms with Crippen LogP contribution in [0.15, 0.2) is 51.4 Å². The highest BCUT2D eigenvalue weighted by atomic mass is 79.9. The summed E-state index contributed by atoms with van der Waals surface area (Å²) in [6, 6.07) is 13.0. The first-order valence-corrected chi connectivity index (χ1v) is 8.09. The molecular weight excluding hydrogens is 416 g/mol. The Bertz CT molecular complexity index is 687. The summed E-state index contributed by atoms with van der Waals surface area (Å²) in [6.07, 6.45) is 0.292. The summed E-state index contributed by atoms with van der Waals surface area (Å²) in [5, 5.41) is 2.84. The molecule has 0 aliphatic rings. The van der Waals surface area contributed by atoms with E-state index in [2.05, 4.69) is 37.2 Å². The molecule has 2 aromatic carbocycles. The standard InChI is InChI=1S/C15H12Br2N2OS/c16-10-3-1-9(2-4-10)7-14(20)19-13-6-5-11(17)8-12(13)15(18)21/h1-6,8H,7H2,(H2,18,21)(H,19,20). The average Bonchev–Trinajstić information content (AvgIpc) is 2.43. The third-order valence-corrected chi connectivity index (χ3v) is 4.04. The number of rotatable bonds is 4. The van der Waals surface area contributed by atoms with Crippen LogP contribution in [0, 0.1) is 0 Å². The minimum atomic E-state index is -0.114. The van der Waals surface area contributed by atoms with E-state index < -0.39 is 0 Å². The van der Waals surface area contributed by atoms with Gasteiger partial charge in [-0.3, -0.25) is 4.79 Å². The predicted molar refractivity (Wildman–Crippen MR) is 96.5 cm³/mol. The predicted octanol–water partition coefficient (Wildman–Crippen LogP) is 4.03. The molecule has 0 fully saturated rings. The summed E-state index contributed by atoms with van der Waals surface area (Å²) in [4.78, 5) is 12.4. The van der Waals surface area contributed by atoms with E-state index in [0.29, 0.717) is 17.7 Å². The minimum Gasteiger partial charge on any atom is -0.389 e. The van der Waals surface area contributed by atoms with Crippen molar-refractivity contribution >= 4 is 60.7 Å². The summed E-state index contributed by atoms with van der Waals surface area (Å²) >= 11 is 11.7. The molecule has 21 heavy (non-hydrogen) atoms. The summed E-state index contributed by atoms with van der Waals surface area (Å²) in [7, 11) is 0. The largest absolute Gasteiger partial charge is 0.389 e. The number of carbonyl (C=O) groups excluding carboxylic acids is 1. The first-order valence-electron chi connectivity index (χ1n) is 6.09. The summed E-state index contributed by atoms with van der Waals surface area (Å²) in [5.41, 5.74) is 7.88. The van der Waals surface area contributed by atoms with Gasteiger partial charge in [0.1, 0.15) is 4.99 Å². The molecule has 2 rings (SSSR count). The van der Waals surface area contributed by atoms with Crippen LogP contribution >= 0.6 is 44.1 Å². The number of halogens is 2. The fourth-order valence-corrected chi connectivity index (χ4v) is 2.61. The second kappa shape index (κ2) is 7.15. The first kappa shape index (κ1) is 16.1. The maximum Gasteiger partial charge on any atom is 0.228 e. The zero-order valence-electron chi connectivity index (χ0n) is 10.9. The van der Waals surface area contributed by atoms with E-state index in [-0.39, 0.29) is 10.9 Å². The molecule has 1 amide bonds. The van der Waals surface area contributed by atoms with Gasteiger partial charge in [0, 0.05) is 14.5 Å². The van der Waals surface area contributed by atoms with Crippen molar-refractivity contribution in [2.45, 2.75) is 6.42 Å². The van der Waals surface area contributed by atoms with Gasteiger partial charge < -0.3 is 11.1 Å². The van der Waals surface area contributed by atoms with Gasteiger partial charge in [0.2, 0.25) is 5.91 Å². The van der Waals surface area contributed by atoms with Gasteiger partial charge in [-0.1, -0.05) is 56.2 Å². The number of nitrogens with two attached hydrogens (primary N) is 1. The van der Waals surface area contributed by atoms with Gasteiger partial charge in [0.25, 0.3) is 0 Å². The van der Waals surface area contributed by atoms with Crippen LogP contribution in [0.5, 0.6) is 0 Å². The lowest BCUT2D eigenvalue weighted by Crippen LogP contribution is -2.19. The normalized spacial score (nSPS) is 10.2. The number of hydrogen-bond acceptors (Lipinski definition) is 2. The molecule has 0 bridgehead atoms. The number of benzene rings is 2. The van der Waals surface area contributed by atoms with E-state index in [4.69, 9.17) is 18.0 Å². The van der Waals surface area contributed by atoms with Gasteiger partial charge in [-0.25, -0.2) is 0 Å². The fraction of sp³-hybridized carbons (Fsp3) is 0.0667. The van der Waals surface area contributed by atoms with Gasteiger partial charge in [0.05, 0.1) is 12.1 Å². The molecule has 2 aromatic rings. The zero-order valence-corrected chi connectivity index (χ0v) is 14.9. The van der Waals surface area contributed by atoms with Crippen LogP contribution in [0.4, 0.5) is 5.69 Å². The molecule has 6 heteroatoms. The van der Waals surface area contributed by atoms with Gasteiger partial charge >= 0.3 is 0 Å². The van der Waals surface area contributed by atoms with E-state index in [1.54, 1.807) is 12.1 Å². The number of anilines is 1. The highest BCUT2D eigenvalue weighted by molar-refractivity contribution is 9.10. The Kier molecular flexibility index (Phi) is 5.50. The van der Waals surface area contributed by atoms with Crippen LogP contribution in [-0.2, 0) is 11.2 Å². The third kappa shape index (κ3) is 4.62. The smallest absolute Gasteiger partial charge is 0.228 e. The molecule has 0 unspecified atom stereocenters. The topological polar surface area (TPSA) is 55.1 Å². The second-order valence-electron chi connectivity index (χ2n) is 4.41. The van der Waals surface area contributed by atoms with E-state index in [1.165, 1.54) is 0 Å². The van der Waals surface area contributed by atoms with E-state index >= 15 is 0 Å². The minimum absolute atomic E-state index is 0.114. The third-order valence-electron chi connectivity index (χ3n) is 2.80. The Hall–Kier alpha value is -1.24. The van der Waals surface area contributed by atoms with E-state index in [0.717, 1.165) is 14.5 Å².